The lowest BCUT2D eigenvalue weighted by molar-refractivity contribution is -0.663. The Hall–Kier alpha value is -2.17. The molecule has 126 valence electrons. The number of rotatable bonds is 4. The van der Waals surface area contributed by atoms with Gasteiger partial charge < -0.3 is 4.90 Å². The number of aryl methyl sites for hydroxylation is 1. The molecule has 2 nitrogen and oxygen atoms in total. The summed E-state index contributed by atoms with van der Waals surface area (Å²) in [4.78, 5) is 3.51. The van der Waals surface area contributed by atoms with Gasteiger partial charge >= 0.3 is 0 Å². The van der Waals surface area contributed by atoms with Crippen molar-refractivity contribution in [1.82, 2.24) is 0 Å². The van der Waals surface area contributed by atoms with Crippen LogP contribution in [0.3, 0.4) is 0 Å². The molecule has 4 heteroatoms. The molecule has 0 unspecified atom stereocenters. The summed E-state index contributed by atoms with van der Waals surface area (Å²) in [5.41, 5.74) is 2.46. The zero-order chi connectivity index (χ0) is 17.4. The molecule has 0 fully saturated rings. The second-order valence-corrected chi connectivity index (χ2v) is 8.30. The van der Waals surface area contributed by atoms with Gasteiger partial charge in [-0.15, -0.1) is 0 Å². The number of anilines is 1. The smallest absolute Gasteiger partial charge is 0.281 e. The molecule has 4 aromatic rings. The molecule has 0 amide bonds. The highest BCUT2D eigenvalue weighted by atomic mass is 32.1. The molecule has 2 aromatic carbocycles. The Bertz CT molecular complexity index is 1050. The Kier molecular flexibility index (Phi) is 4.32. The van der Waals surface area contributed by atoms with E-state index in [1.807, 2.05) is 22.7 Å². The number of hydrogen-bond donors (Lipinski definition) is 0. The van der Waals surface area contributed by atoms with Crippen LogP contribution < -0.4 is 9.47 Å². The van der Waals surface area contributed by atoms with Crippen LogP contribution in [-0.2, 0) is 6.54 Å². The van der Waals surface area contributed by atoms with E-state index < -0.39 is 0 Å². The van der Waals surface area contributed by atoms with Crippen molar-refractivity contribution in [3.63, 3.8) is 0 Å². The molecule has 0 aliphatic heterocycles. The van der Waals surface area contributed by atoms with Crippen LogP contribution in [0, 0.1) is 0 Å². The summed E-state index contributed by atoms with van der Waals surface area (Å²) in [5.74, 6) is 0. The number of thiazole rings is 1. The minimum absolute atomic E-state index is 0.992. The van der Waals surface area contributed by atoms with Crippen LogP contribution in [0.4, 0.5) is 5.69 Å². The summed E-state index contributed by atoms with van der Waals surface area (Å²) in [5, 5.41) is 2.69. The lowest BCUT2D eigenvalue weighted by atomic mass is 10.2. The number of thiophene rings is 1. The van der Waals surface area contributed by atoms with Crippen molar-refractivity contribution in [3.8, 4) is 0 Å². The normalized spacial score (nSPS) is 11.8. The molecule has 0 N–H and O–H groups in total. The number of benzene rings is 2. The van der Waals surface area contributed by atoms with Gasteiger partial charge in [-0.3, -0.25) is 0 Å². The minimum Gasteiger partial charge on any atom is -0.378 e. The summed E-state index contributed by atoms with van der Waals surface area (Å²) < 4.78 is 5.21. The van der Waals surface area contributed by atoms with Gasteiger partial charge in [0.2, 0.25) is 0 Å². The SMILES string of the molecule is CC[n+]1c(C=Cc2ccc(N(C)C)cc2)sc2c3ccccc3sc21. The van der Waals surface area contributed by atoms with E-state index in [1.165, 1.54) is 35.9 Å². The third-order valence-electron chi connectivity index (χ3n) is 4.39. The standard InChI is InChI=1S/C21H21N2S2/c1-4-23-19(14-11-15-9-12-16(13-10-15)22(2)3)25-20-17-7-5-6-8-18(17)24-21(20)23/h5-14H,4H2,1-3H3/q+1. The predicted octanol–water partition coefficient (Wildman–Crippen LogP) is 5.66. The van der Waals surface area contributed by atoms with Gasteiger partial charge in [0, 0.05) is 35.9 Å². The van der Waals surface area contributed by atoms with Gasteiger partial charge in [0.1, 0.15) is 11.2 Å². The van der Waals surface area contributed by atoms with Gasteiger partial charge in [0.15, 0.2) is 0 Å². The first-order valence-corrected chi connectivity index (χ1v) is 10.1. The fourth-order valence-corrected chi connectivity index (χ4v) is 5.73. The lowest BCUT2D eigenvalue weighted by Gasteiger charge is -2.11. The summed E-state index contributed by atoms with van der Waals surface area (Å²) in [7, 11) is 4.13. The fraction of sp³-hybridized carbons (Fsp3) is 0.190. The van der Waals surface area contributed by atoms with Gasteiger partial charge in [-0.05, 0) is 36.8 Å². The van der Waals surface area contributed by atoms with Crippen molar-refractivity contribution < 1.29 is 4.57 Å². The number of aromatic nitrogens is 1. The Morgan fingerprint density at radius 1 is 0.960 bits per heavy atom. The molecular formula is C21H21N2S2+. The lowest BCUT2D eigenvalue weighted by Crippen LogP contribution is -2.32. The van der Waals surface area contributed by atoms with Crippen LogP contribution in [0.2, 0.25) is 0 Å². The maximum Gasteiger partial charge on any atom is 0.281 e. The molecule has 0 atom stereocenters. The van der Waals surface area contributed by atoms with E-state index in [4.69, 9.17) is 0 Å². The molecule has 0 radical (unpaired) electrons. The minimum atomic E-state index is 0.992. The first kappa shape index (κ1) is 16.3. The molecule has 0 saturated carbocycles. The van der Waals surface area contributed by atoms with E-state index in [2.05, 4.69) is 91.2 Å². The van der Waals surface area contributed by atoms with Crippen molar-refractivity contribution in [3.05, 3.63) is 59.1 Å². The van der Waals surface area contributed by atoms with Crippen LogP contribution in [0.15, 0.2) is 48.5 Å². The van der Waals surface area contributed by atoms with Gasteiger partial charge in [-0.2, -0.15) is 4.57 Å². The Labute approximate surface area is 156 Å². The summed E-state index contributed by atoms with van der Waals surface area (Å²) >= 11 is 3.78. The molecule has 0 saturated heterocycles. The molecule has 2 aromatic heterocycles. The quantitative estimate of drug-likeness (QED) is 0.423. The van der Waals surface area contributed by atoms with Crippen molar-refractivity contribution in [2.75, 3.05) is 19.0 Å². The van der Waals surface area contributed by atoms with E-state index in [0.717, 1.165) is 6.54 Å². The topological polar surface area (TPSA) is 7.12 Å². The molecule has 0 aliphatic rings. The van der Waals surface area contributed by atoms with E-state index in [9.17, 15) is 0 Å². The molecular weight excluding hydrogens is 344 g/mol. The van der Waals surface area contributed by atoms with Crippen molar-refractivity contribution in [2.24, 2.45) is 0 Å². The third-order valence-corrected chi connectivity index (χ3v) is 6.90. The van der Waals surface area contributed by atoms with Crippen LogP contribution in [0.5, 0.6) is 0 Å². The summed E-state index contributed by atoms with van der Waals surface area (Å²) in [6, 6.07) is 17.4. The number of nitrogens with zero attached hydrogens (tertiary/aromatic N) is 2. The van der Waals surface area contributed by atoms with E-state index in [0.29, 0.717) is 0 Å². The van der Waals surface area contributed by atoms with E-state index in [-0.39, 0.29) is 0 Å². The average molecular weight is 366 g/mol. The zero-order valence-corrected chi connectivity index (χ0v) is 16.3. The number of hydrogen-bond acceptors (Lipinski definition) is 3. The van der Waals surface area contributed by atoms with Gasteiger partial charge in [0.05, 0.1) is 0 Å². The second kappa shape index (κ2) is 6.62. The summed E-state index contributed by atoms with van der Waals surface area (Å²) in [6.45, 7) is 3.21. The van der Waals surface area contributed by atoms with Crippen molar-refractivity contribution in [1.29, 1.82) is 0 Å². The van der Waals surface area contributed by atoms with Crippen molar-refractivity contribution in [2.45, 2.75) is 13.5 Å². The van der Waals surface area contributed by atoms with E-state index >= 15 is 0 Å². The highest BCUT2D eigenvalue weighted by molar-refractivity contribution is 7.31. The second-order valence-electron chi connectivity index (χ2n) is 6.24. The zero-order valence-electron chi connectivity index (χ0n) is 14.7. The first-order chi connectivity index (χ1) is 12.2. The highest BCUT2D eigenvalue weighted by Crippen LogP contribution is 2.36. The molecule has 25 heavy (non-hydrogen) atoms. The highest BCUT2D eigenvalue weighted by Gasteiger charge is 2.21. The fourth-order valence-electron chi connectivity index (χ4n) is 3.02. The molecule has 4 rings (SSSR count). The predicted molar refractivity (Wildman–Crippen MR) is 113 cm³/mol. The van der Waals surface area contributed by atoms with Crippen LogP contribution in [0.1, 0.15) is 17.5 Å². The number of fused-ring (bicyclic) bond motifs is 3. The third kappa shape index (κ3) is 2.96. The van der Waals surface area contributed by atoms with Gasteiger partial charge in [-0.25, -0.2) is 0 Å². The Balaban J connectivity index is 1.73. The van der Waals surface area contributed by atoms with E-state index in [1.54, 1.807) is 0 Å². The largest absolute Gasteiger partial charge is 0.378 e. The van der Waals surface area contributed by atoms with Crippen LogP contribution in [-0.4, -0.2) is 14.1 Å². The van der Waals surface area contributed by atoms with Crippen LogP contribution >= 0.6 is 22.7 Å². The maximum atomic E-state index is 2.43. The molecule has 0 spiro atoms. The molecule has 2 heterocycles. The Morgan fingerprint density at radius 2 is 1.72 bits per heavy atom. The van der Waals surface area contributed by atoms with Gasteiger partial charge in [0.25, 0.3) is 9.84 Å². The molecule has 0 aliphatic carbocycles. The average Bonchev–Trinajstić information content (AvgIpc) is 3.15. The van der Waals surface area contributed by atoms with Crippen molar-refractivity contribution >= 4 is 60.1 Å². The maximum absolute atomic E-state index is 2.43. The van der Waals surface area contributed by atoms with Crippen LogP contribution in [0.25, 0.3) is 31.8 Å². The monoisotopic (exact) mass is 365 g/mol. The Morgan fingerprint density at radius 3 is 2.44 bits per heavy atom. The molecule has 0 bridgehead atoms. The van der Waals surface area contributed by atoms with Gasteiger partial charge in [-0.1, -0.05) is 53.0 Å². The summed E-state index contributed by atoms with van der Waals surface area (Å²) in [6.07, 6.45) is 4.46. The first-order valence-electron chi connectivity index (χ1n) is 8.46.